The summed E-state index contributed by atoms with van der Waals surface area (Å²) in [5.74, 6) is 1.53. The van der Waals surface area contributed by atoms with Crippen molar-refractivity contribution < 1.29 is 9.53 Å². The summed E-state index contributed by atoms with van der Waals surface area (Å²) < 4.78 is 6.13. The minimum atomic E-state index is 0. The van der Waals surface area contributed by atoms with Gasteiger partial charge in [0.25, 0.3) is 0 Å². The molecule has 4 nitrogen and oxygen atoms in total. The predicted molar refractivity (Wildman–Crippen MR) is 94.9 cm³/mol. The molecule has 0 radical (unpaired) electrons. The molecule has 0 aliphatic carbocycles. The summed E-state index contributed by atoms with van der Waals surface area (Å²) in [7, 11) is 1.65. The van der Waals surface area contributed by atoms with Crippen LogP contribution in [0.15, 0.2) is 22.7 Å². The van der Waals surface area contributed by atoms with E-state index in [1.54, 1.807) is 7.11 Å². The molecule has 124 valence electrons. The van der Waals surface area contributed by atoms with Crippen molar-refractivity contribution in [3.8, 4) is 5.75 Å². The molecule has 1 unspecified atom stereocenters. The highest BCUT2D eigenvalue weighted by Crippen LogP contribution is 2.25. The van der Waals surface area contributed by atoms with Crippen molar-refractivity contribution in [2.75, 3.05) is 26.7 Å². The highest BCUT2D eigenvalue weighted by Gasteiger charge is 2.13. The molecule has 1 atom stereocenters. The van der Waals surface area contributed by atoms with Gasteiger partial charge in [-0.05, 0) is 71.9 Å². The van der Waals surface area contributed by atoms with Gasteiger partial charge in [-0.1, -0.05) is 6.07 Å². The van der Waals surface area contributed by atoms with Crippen LogP contribution < -0.4 is 15.4 Å². The highest BCUT2D eigenvalue weighted by atomic mass is 79.9. The number of hydrogen-bond donors (Lipinski definition) is 2. The zero-order chi connectivity index (χ0) is 15.1. The van der Waals surface area contributed by atoms with Crippen LogP contribution in [0.2, 0.25) is 0 Å². The largest absolute Gasteiger partial charge is 0.496 e. The van der Waals surface area contributed by atoms with E-state index in [4.69, 9.17) is 4.74 Å². The van der Waals surface area contributed by atoms with E-state index in [1.165, 1.54) is 12.8 Å². The Labute approximate surface area is 146 Å². The Morgan fingerprint density at radius 3 is 2.95 bits per heavy atom. The molecule has 1 amide bonds. The van der Waals surface area contributed by atoms with Gasteiger partial charge in [0, 0.05) is 13.0 Å². The van der Waals surface area contributed by atoms with Crippen molar-refractivity contribution >= 4 is 34.2 Å². The van der Waals surface area contributed by atoms with Gasteiger partial charge in [-0.15, -0.1) is 12.4 Å². The van der Waals surface area contributed by atoms with Gasteiger partial charge in [-0.2, -0.15) is 0 Å². The standard InChI is InChI=1S/C16H23BrN2O2.ClH/c1-21-15-6-4-12(9-14(15)17)5-7-16(20)19-11-13-3-2-8-18-10-13;/h4,6,9,13,18H,2-3,5,7-8,10-11H2,1H3,(H,19,20);1H. The number of ether oxygens (including phenoxy) is 1. The Morgan fingerprint density at radius 1 is 1.50 bits per heavy atom. The first-order valence-electron chi connectivity index (χ1n) is 7.49. The van der Waals surface area contributed by atoms with Crippen molar-refractivity contribution in [3.63, 3.8) is 0 Å². The lowest BCUT2D eigenvalue weighted by molar-refractivity contribution is -0.121. The second-order valence-electron chi connectivity index (χ2n) is 5.49. The van der Waals surface area contributed by atoms with Crippen molar-refractivity contribution in [3.05, 3.63) is 28.2 Å². The highest BCUT2D eigenvalue weighted by molar-refractivity contribution is 9.10. The molecule has 22 heavy (non-hydrogen) atoms. The molecule has 1 aliphatic heterocycles. The van der Waals surface area contributed by atoms with Crippen molar-refractivity contribution in [1.82, 2.24) is 10.6 Å². The Balaban J connectivity index is 0.00000242. The van der Waals surface area contributed by atoms with Crippen LogP contribution in [-0.2, 0) is 11.2 Å². The number of methoxy groups -OCH3 is 1. The first-order chi connectivity index (χ1) is 10.2. The minimum absolute atomic E-state index is 0. The van der Waals surface area contributed by atoms with Crippen molar-refractivity contribution in [2.45, 2.75) is 25.7 Å². The molecule has 1 aromatic rings. The summed E-state index contributed by atoms with van der Waals surface area (Å²) >= 11 is 3.46. The van der Waals surface area contributed by atoms with Crippen LogP contribution in [0.4, 0.5) is 0 Å². The number of aryl methyl sites for hydroxylation is 1. The Bertz CT molecular complexity index is 479. The SMILES string of the molecule is COc1ccc(CCC(=O)NCC2CCCNC2)cc1Br.Cl. The number of carbonyl (C=O) groups excluding carboxylic acids is 1. The van der Waals surface area contributed by atoms with Gasteiger partial charge in [0.1, 0.15) is 5.75 Å². The summed E-state index contributed by atoms with van der Waals surface area (Å²) in [6.07, 6.45) is 3.69. The number of amides is 1. The molecular weight excluding hydrogens is 368 g/mol. The quantitative estimate of drug-likeness (QED) is 0.784. The molecular formula is C16H24BrClN2O2. The van der Waals surface area contributed by atoms with Gasteiger partial charge in [0.05, 0.1) is 11.6 Å². The fraction of sp³-hybridized carbons (Fsp3) is 0.562. The lowest BCUT2D eigenvalue weighted by Gasteiger charge is -2.22. The molecule has 1 heterocycles. The first-order valence-corrected chi connectivity index (χ1v) is 8.28. The summed E-state index contributed by atoms with van der Waals surface area (Å²) in [5.41, 5.74) is 1.14. The maximum atomic E-state index is 11.9. The lowest BCUT2D eigenvalue weighted by Crippen LogP contribution is -2.38. The third-order valence-corrected chi connectivity index (χ3v) is 4.46. The second kappa shape index (κ2) is 10.1. The summed E-state index contributed by atoms with van der Waals surface area (Å²) in [4.78, 5) is 11.9. The minimum Gasteiger partial charge on any atom is -0.496 e. The molecule has 6 heteroatoms. The molecule has 1 aromatic carbocycles. The molecule has 1 aliphatic rings. The molecule has 0 aromatic heterocycles. The Kier molecular flexibility index (Phi) is 8.83. The number of rotatable bonds is 6. The van der Waals surface area contributed by atoms with E-state index in [1.807, 2.05) is 18.2 Å². The first kappa shape index (κ1) is 19.3. The third kappa shape index (κ3) is 6.15. The zero-order valence-corrected chi connectivity index (χ0v) is 15.3. The molecule has 2 N–H and O–H groups in total. The van der Waals surface area contributed by atoms with Gasteiger partial charge >= 0.3 is 0 Å². The monoisotopic (exact) mass is 390 g/mol. The normalized spacial score (nSPS) is 17.5. The van der Waals surface area contributed by atoms with E-state index in [9.17, 15) is 4.79 Å². The van der Waals surface area contributed by atoms with Crippen molar-refractivity contribution in [2.24, 2.45) is 5.92 Å². The van der Waals surface area contributed by atoms with E-state index in [2.05, 4.69) is 26.6 Å². The molecule has 2 rings (SSSR count). The fourth-order valence-corrected chi connectivity index (χ4v) is 3.16. The van der Waals surface area contributed by atoms with E-state index in [0.29, 0.717) is 12.3 Å². The average Bonchev–Trinajstić information content (AvgIpc) is 2.52. The van der Waals surface area contributed by atoms with Crippen LogP contribution in [-0.4, -0.2) is 32.7 Å². The topological polar surface area (TPSA) is 50.4 Å². The molecule has 0 saturated carbocycles. The summed E-state index contributed by atoms with van der Waals surface area (Å²) in [6.45, 7) is 2.92. The summed E-state index contributed by atoms with van der Waals surface area (Å²) in [5, 5.41) is 6.41. The van der Waals surface area contributed by atoms with Crippen LogP contribution in [0.25, 0.3) is 0 Å². The van der Waals surface area contributed by atoms with Crippen LogP contribution >= 0.6 is 28.3 Å². The number of nitrogens with one attached hydrogen (secondary N) is 2. The van der Waals surface area contributed by atoms with Gasteiger partial charge in [0.2, 0.25) is 5.91 Å². The van der Waals surface area contributed by atoms with Crippen LogP contribution in [0.3, 0.4) is 0 Å². The number of hydrogen-bond acceptors (Lipinski definition) is 3. The number of halogens is 2. The van der Waals surface area contributed by atoms with E-state index in [-0.39, 0.29) is 18.3 Å². The van der Waals surface area contributed by atoms with E-state index in [0.717, 1.165) is 41.8 Å². The number of piperidine rings is 1. The van der Waals surface area contributed by atoms with E-state index < -0.39 is 0 Å². The van der Waals surface area contributed by atoms with E-state index >= 15 is 0 Å². The van der Waals surface area contributed by atoms with Crippen LogP contribution in [0, 0.1) is 5.92 Å². The zero-order valence-electron chi connectivity index (χ0n) is 12.9. The van der Waals surface area contributed by atoms with Crippen molar-refractivity contribution in [1.29, 1.82) is 0 Å². The maximum absolute atomic E-state index is 11.9. The predicted octanol–water partition coefficient (Wildman–Crippen LogP) is 2.93. The molecule has 0 bridgehead atoms. The van der Waals surface area contributed by atoms with Gasteiger partial charge in [-0.3, -0.25) is 4.79 Å². The van der Waals surface area contributed by atoms with Gasteiger partial charge in [-0.25, -0.2) is 0 Å². The number of benzene rings is 1. The lowest BCUT2D eigenvalue weighted by atomic mass is 10.00. The van der Waals surface area contributed by atoms with Gasteiger partial charge < -0.3 is 15.4 Å². The average molecular weight is 392 g/mol. The number of carbonyl (C=O) groups is 1. The molecule has 0 spiro atoms. The second-order valence-corrected chi connectivity index (χ2v) is 6.34. The van der Waals surface area contributed by atoms with Gasteiger partial charge in [0.15, 0.2) is 0 Å². The van der Waals surface area contributed by atoms with Crippen LogP contribution in [0.1, 0.15) is 24.8 Å². The smallest absolute Gasteiger partial charge is 0.220 e. The third-order valence-electron chi connectivity index (χ3n) is 3.84. The Hall–Kier alpha value is -0.780. The molecule has 1 fully saturated rings. The maximum Gasteiger partial charge on any atom is 0.220 e. The Morgan fingerprint density at radius 2 is 2.32 bits per heavy atom. The fourth-order valence-electron chi connectivity index (χ4n) is 2.57. The molecule has 1 saturated heterocycles. The summed E-state index contributed by atoms with van der Waals surface area (Å²) in [6, 6.07) is 5.93. The van der Waals surface area contributed by atoms with Crippen LogP contribution in [0.5, 0.6) is 5.75 Å².